The third-order valence-electron chi connectivity index (χ3n) is 4.34. The number of hydrogen-bond acceptors (Lipinski definition) is 12. The van der Waals surface area contributed by atoms with E-state index in [1.807, 2.05) is 12.1 Å². The number of nitrogens with one attached hydrogen (secondary N) is 1. The highest BCUT2D eigenvalue weighted by Crippen LogP contribution is 2.36. The molecule has 2 aromatic heterocycles. The molecular weight excluding hydrogens is 396 g/mol. The summed E-state index contributed by atoms with van der Waals surface area (Å²) < 4.78 is 0. The molecule has 3 rings (SSSR count). The van der Waals surface area contributed by atoms with Crippen LogP contribution in [0.2, 0.25) is 0 Å². The summed E-state index contributed by atoms with van der Waals surface area (Å²) >= 11 is 0. The van der Waals surface area contributed by atoms with Crippen molar-refractivity contribution in [3.8, 4) is 36.4 Å². The Morgan fingerprint density at radius 1 is 0.677 bits per heavy atom. The average Bonchev–Trinajstić information content (AvgIpc) is 2.81. The Balaban J connectivity index is 2.54. The number of nitriles is 6. The van der Waals surface area contributed by atoms with Crippen molar-refractivity contribution in [1.29, 1.82) is 31.6 Å². The summed E-state index contributed by atoms with van der Waals surface area (Å²) in [6, 6.07) is 9.91. The molecule has 31 heavy (non-hydrogen) atoms. The molecule has 0 spiro atoms. The van der Waals surface area contributed by atoms with Gasteiger partial charge in [0.2, 0.25) is 0 Å². The van der Waals surface area contributed by atoms with E-state index in [0.717, 1.165) is 0 Å². The Bertz CT molecular complexity index is 1510. The van der Waals surface area contributed by atoms with Gasteiger partial charge in [-0.1, -0.05) is 0 Å². The third kappa shape index (κ3) is 3.16. The second kappa shape index (κ2) is 7.82. The number of fused-ring (bicyclic) bond motifs is 3. The molecule has 0 aliphatic carbocycles. The fourth-order valence-electron chi connectivity index (χ4n) is 2.77. The zero-order valence-electron chi connectivity index (χ0n) is 15.7. The van der Waals surface area contributed by atoms with Gasteiger partial charge in [-0.15, -0.1) is 0 Å². The van der Waals surface area contributed by atoms with E-state index in [2.05, 4.69) is 25.3 Å². The molecule has 0 radical (unpaired) electrons. The highest BCUT2D eigenvalue weighted by molar-refractivity contribution is 6.14. The second-order valence-electron chi connectivity index (χ2n) is 6.14. The number of rotatable bonds is 3. The van der Waals surface area contributed by atoms with Gasteiger partial charge in [-0.2, -0.15) is 31.6 Å². The van der Waals surface area contributed by atoms with Crippen LogP contribution in [0.4, 0.5) is 11.4 Å². The van der Waals surface area contributed by atoms with E-state index in [9.17, 15) is 31.6 Å². The minimum Gasteiger partial charge on any atom is -0.395 e. The van der Waals surface area contributed by atoms with Crippen molar-refractivity contribution in [3.05, 3.63) is 22.8 Å². The van der Waals surface area contributed by atoms with Crippen molar-refractivity contribution in [2.45, 2.75) is 13.0 Å². The quantitative estimate of drug-likeness (QED) is 0.355. The molecule has 2 unspecified atom stereocenters. The number of anilines is 2. The molecule has 3 N–H and O–H groups in total. The molecule has 3 aromatic rings. The van der Waals surface area contributed by atoms with Gasteiger partial charge in [-0.3, -0.25) is 0 Å². The van der Waals surface area contributed by atoms with Gasteiger partial charge in [0.25, 0.3) is 0 Å². The first-order chi connectivity index (χ1) is 14.9. The lowest BCUT2D eigenvalue weighted by Gasteiger charge is -2.19. The van der Waals surface area contributed by atoms with E-state index in [4.69, 9.17) is 5.73 Å². The number of nitrogen functional groups attached to an aromatic ring is 1. The molecular formula is C19H8N12. The number of aromatic nitrogens is 4. The first kappa shape index (κ1) is 20.2. The van der Waals surface area contributed by atoms with Crippen molar-refractivity contribution in [3.63, 3.8) is 0 Å². The minimum atomic E-state index is -1.02. The average molecular weight is 404 g/mol. The van der Waals surface area contributed by atoms with Gasteiger partial charge in [-0.05, 0) is 6.92 Å². The summed E-state index contributed by atoms with van der Waals surface area (Å²) in [5.41, 5.74) is 5.00. The predicted molar refractivity (Wildman–Crippen MR) is 104 cm³/mol. The van der Waals surface area contributed by atoms with Crippen LogP contribution in [-0.2, 0) is 0 Å². The van der Waals surface area contributed by atoms with Crippen molar-refractivity contribution >= 4 is 33.4 Å². The monoisotopic (exact) mass is 404 g/mol. The van der Waals surface area contributed by atoms with Crippen molar-refractivity contribution in [2.24, 2.45) is 5.92 Å². The molecule has 1 aromatic carbocycles. The zero-order chi connectivity index (χ0) is 22.7. The largest absolute Gasteiger partial charge is 0.395 e. The van der Waals surface area contributed by atoms with Gasteiger partial charge in [0.15, 0.2) is 22.8 Å². The molecule has 12 nitrogen and oxygen atoms in total. The predicted octanol–water partition coefficient (Wildman–Crippen LogP) is 1.11. The molecule has 0 amide bonds. The van der Waals surface area contributed by atoms with E-state index in [1.54, 1.807) is 24.3 Å². The SMILES string of the molecule is CC(C#N)C(C#N)Nc1c(N)c2nc(C#N)c(C#N)nc2c2nc(C#N)c(C#N)nc12. The molecule has 0 aliphatic heterocycles. The summed E-state index contributed by atoms with van der Waals surface area (Å²) in [6.45, 7) is 1.52. The maximum Gasteiger partial charge on any atom is 0.177 e. The smallest absolute Gasteiger partial charge is 0.177 e. The third-order valence-corrected chi connectivity index (χ3v) is 4.34. The van der Waals surface area contributed by atoms with Crippen LogP contribution >= 0.6 is 0 Å². The summed E-state index contributed by atoms with van der Waals surface area (Å²) in [5, 5.41) is 58.7. The first-order valence-corrected chi connectivity index (χ1v) is 8.45. The van der Waals surface area contributed by atoms with Crippen molar-refractivity contribution < 1.29 is 0 Å². The van der Waals surface area contributed by atoms with Crippen LogP contribution in [0.1, 0.15) is 29.7 Å². The Morgan fingerprint density at radius 2 is 1.10 bits per heavy atom. The molecule has 2 atom stereocenters. The van der Waals surface area contributed by atoms with E-state index < -0.39 is 12.0 Å². The summed E-state index contributed by atoms with van der Waals surface area (Å²) in [6.07, 6.45) is 0. The van der Waals surface area contributed by atoms with Crippen LogP contribution in [0.15, 0.2) is 0 Å². The minimum absolute atomic E-state index is 0.00571. The number of nitrogens with two attached hydrogens (primary N) is 1. The van der Waals surface area contributed by atoms with Crippen LogP contribution in [0, 0.1) is 73.9 Å². The van der Waals surface area contributed by atoms with Crippen molar-refractivity contribution in [2.75, 3.05) is 11.1 Å². The highest BCUT2D eigenvalue weighted by atomic mass is 15.0. The van der Waals surface area contributed by atoms with Crippen LogP contribution in [0.5, 0.6) is 0 Å². The summed E-state index contributed by atoms with van der Waals surface area (Å²) in [7, 11) is 0. The highest BCUT2D eigenvalue weighted by Gasteiger charge is 2.25. The lowest BCUT2D eigenvalue weighted by Crippen LogP contribution is -2.25. The number of benzene rings is 1. The molecule has 12 heteroatoms. The number of hydrogen-bond donors (Lipinski definition) is 2. The first-order valence-electron chi connectivity index (χ1n) is 8.45. The van der Waals surface area contributed by atoms with Gasteiger partial charge in [0, 0.05) is 0 Å². The van der Waals surface area contributed by atoms with Crippen LogP contribution in [0.25, 0.3) is 22.1 Å². The molecule has 0 saturated heterocycles. The van der Waals surface area contributed by atoms with E-state index >= 15 is 0 Å². The Labute approximate surface area is 174 Å². The van der Waals surface area contributed by atoms with Gasteiger partial charge in [0.05, 0.1) is 29.4 Å². The summed E-state index contributed by atoms with van der Waals surface area (Å²) in [4.78, 5) is 16.5. The molecule has 0 saturated carbocycles. The maximum absolute atomic E-state index is 9.46. The van der Waals surface area contributed by atoms with Gasteiger partial charge in [-0.25, -0.2) is 19.9 Å². The Kier molecular flexibility index (Phi) is 5.09. The zero-order valence-corrected chi connectivity index (χ0v) is 15.7. The molecule has 2 heterocycles. The topological polar surface area (TPSA) is 232 Å². The fraction of sp³-hybridized carbons (Fsp3) is 0.158. The maximum atomic E-state index is 9.46. The van der Waals surface area contributed by atoms with Gasteiger partial charge in [0.1, 0.15) is 52.4 Å². The molecule has 0 bridgehead atoms. The summed E-state index contributed by atoms with van der Waals surface area (Å²) in [5.74, 6) is -0.751. The standard InChI is InChI=1S/C19H8N12/c1-8(2-20)9(3-21)27-15-14(26)16-18(29-11(5-23)10(4-22)28-16)19-17(15)30-12(6-24)13(7-25)31-19/h8-9,27H,26H2,1H3. The normalized spacial score (nSPS) is 11.7. The molecule has 0 fully saturated rings. The lowest BCUT2D eigenvalue weighted by molar-refractivity contribution is 0.691. The Hall–Kier alpha value is -5.56. The van der Waals surface area contributed by atoms with Crippen LogP contribution in [-0.4, -0.2) is 26.0 Å². The van der Waals surface area contributed by atoms with E-state index in [0.29, 0.717) is 0 Å². The van der Waals surface area contributed by atoms with E-state index in [-0.39, 0.29) is 56.2 Å². The second-order valence-corrected chi connectivity index (χ2v) is 6.14. The number of nitrogens with zero attached hydrogens (tertiary/aromatic N) is 10. The molecule has 144 valence electrons. The van der Waals surface area contributed by atoms with Crippen molar-refractivity contribution in [1.82, 2.24) is 19.9 Å². The van der Waals surface area contributed by atoms with Crippen LogP contribution in [0.3, 0.4) is 0 Å². The molecule has 0 aliphatic rings. The van der Waals surface area contributed by atoms with Gasteiger partial charge < -0.3 is 11.1 Å². The van der Waals surface area contributed by atoms with E-state index in [1.165, 1.54) is 6.92 Å². The van der Waals surface area contributed by atoms with Gasteiger partial charge >= 0.3 is 0 Å². The fourth-order valence-corrected chi connectivity index (χ4v) is 2.77. The van der Waals surface area contributed by atoms with Crippen LogP contribution < -0.4 is 11.1 Å². The Morgan fingerprint density at radius 3 is 1.52 bits per heavy atom. The lowest BCUT2D eigenvalue weighted by atomic mass is 10.0.